The van der Waals surface area contributed by atoms with E-state index in [4.69, 9.17) is 22.1 Å². The smallest absolute Gasteiger partial charge is 0.127 e. The minimum atomic E-state index is -0.262. The van der Waals surface area contributed by atoms with Gasteiger partial charge in [-0.1, -0.05) is 11.6 Å². The van der Waals surface area contributed by atoms with Crippen molar-refractivity contribution in [1.29, 1.82) is 0 Å². The van der Waals surface area contributed by atoms with Crippen LogP contribution >= 0.6 is 11.6 Å². The molecule has 1 unspecified atom stereocenters. The summed E-state index contributed by atoms with van der Waals surface area (Å²) >= 11 is 5.94. The molecule has 14 heavy (non-hydrogen) atoms. The third-order valence-electron chi connectivity index (χ3n) is 2.12. The molecule has 0 saturated carbocycles. The van der Waals surface area contributed by atoms with Gasteiger partial charge in [-0.2, -0.15) is 0 Å². The topological polar surface area (TPSA) is 47.3 Å². The molecule has 0 bridgehead atoms. The minimum absolute atomic E-state index is 0.262. The Kier molecular flexibility index (Phi) is 3.75. The lowest BCUT2D eigenvalue weighted by molar-refractivity contribution is 0.399. The van der Waals surface area contributed by atoms with E-state index in [1.165, 1.54) is 0 Å². The molecule has 0 radical (unpaired) electrons. The van der Waals surface area contributed by atoms with Crippen molar-refractivity contribution in [3.8, 4) is 5.75 Å². The first-order valence-corrected chi connectivity index (χ1v) is 4.74. The molecular weight excluding hydrogens is 200 g/mol. The quantitative estimate of drug-likeness (QED) is 0.755. The molecule has 0 spiro atoms. The van der Waals surface area contributed by atoms with E-state index < -0.39 is 0 Å². The fraction of sp³-hybridized carbons (Fsp3) is 0.400. The van der Waals surface area contributed by atoms with Crippen LogP contribution in [0.25, 0.3) is 0 Å². The molecule has 0 aromatic heterocycles. The molecule has 0 fully saturated rings. The number of rotatable bonds is 3. The normalized spacial score (nSPS) is 12.6. The first kappa shape index (κ1) is 11.3. The van der Waals surface area contributed by atoms with E-state index in [2.05, 4.69) is 5.32 Å². The summed E-state index contributed by atoms with van der Waals surface area (Å²) in [6.07, 6.45) is -0.262. The molecule has 0 aliphatic carbocycles. The molecule has 1 aromatic rings. The van der Waals surface area contributed by atoms with Crippen LogP contribution in [0.2, 0.25) is 5.02 Å². The number of hydrogen-bond donors (Lipinski definition) is 2. The summed E-state index contributed by atoms with van der Waals surface area (Å²) in [6.45, 7) is 1.94. The van der Waals surface area contributed by atoms with Gasteiger partial charge >= 0.3 is 0 Å². The molecule has 0 amide bonds. The molecule has 1 rings (SSSR count). The Labute approximate surface area is 89.2 Å². The number of nitrogens with two attached hydrogens (primary N) is 1. The van der Waals surface area contributed by atoms with Crippen molar-refractivity contribution < 1.29 is 4.74 Å². The molecular formula is C10H15ClN2O. The average molecular weight is 215 g/mol. The maximum absolute atomic E-state index is 5.94. The number of nitrogens with one attached hydrogen (secondary N) is 1. The fourth-order valence-electron chi connectivity index (χ4n) is 1.42. The Bertz CT molecular complexity index is 328. The second-order valence-electron chi connectivity index (χ2n) is 3.11. The van der Waals surface area contributed by atoms with Crippen LogP contribution < -0.4 is 15.8 Å². The summed E-state index contributed by atoms with van der Waals surface area (Å²) in [5, 5.41) is 3.62. The van der Waals surface area contributed by atoms with Crippen molar-refractivity contribution in [2.24, 2.45) is 5.73 Å². The molecule has 78 valence electrons. The van der Waals surface area contributed by atoms with Gasteiger partial charge in [0.05, 0.1) is 13.3 Å². The Hall–Kier alpha value is -0.770. The zero-order valence-corrected chi connectivity index (χ0v) is 9.35. The molecule has 3 nitrogen and oxygen atoms in total. The second-order valence-corrected chi connectivity index (χ2v) is 3.55. The lowest BCUT2D eigenvalue weighted by atomic mass is 10.1. The van der Waals surface area contributed by atoms with Gasteiger partial charge in [0.1, 0.15) is 5.75 Å². The second kappa shape index (κ2) is 4.64. The third kappa shape index (κ3) is 2.18. The van der Waals surface area contributed by atoms with Gasteiger partial charge in [-0.15, -0.1) is 0 Å². The average Bonchev–Trinajstić information content (AvgIpc) is 2.15. The van der Waals surface area contributed by atoms with Crippen molar-refractivity contribution in [2.45, 2.75) is 13.1 Å². The lowest BCUT2D eigenvalue weighted by Crippen LogP contribution is -2.25. The molecule has 3 N–H and O–H groups in total. The SMILES string of the molecule is CNC(N)c1cc(Cl)cc(C)c1OC. The van der Waals surface area contributed by atoms with E-state index >= 15 is 0 Å². The highest BCUT2D eigenvalue weighted by Crippen LogP contribution is 2.30. The Morgan fingerprint density at radius 2 is 2.14 bits per heavy atom. The zero-order chi connectivity index (χ0) is 10.7. The number of ether oxygens (including phenoxy) is 1. The van der Waals surface area contributed by atoms with Gasteiger partial charge in [0.25, 0.3) is 0 Å². The zero-order valence-electron chi connectivity index (χ0n) is 8.60. The van der Waals surface area contributed by atoms with Crippen LogP contribution in [0.15, 0.2) is 12.1 Å². The van der Waals surface area contributed by atoms with Crippen molar-refractivity contribution >= 4 is 11.6 Å². The largest absolute Gasteiger partial charge is 0.496 e. The highest BCUT2D eigenvalue weighted by molar-refractivity contribution is 6.30. The van der Waals surface area contributed by atoms with E-state index in [-0.39, 0.29) is 6.17 Å². The van der Waals surface area contributed by atoms with E-state index in [1.807, 2.05) is 19.1 Å². The summed E-state index contributed by atoms with van der Waals surface area (Å²) in [5.74, 6) is 0.788. The van der Waals surface area contributed by atoms with Crippen LogP contribution in [0.3, 0.4) is 0 Å². The maximum Gasteiger partial charge on any atom is 0.127 e. The number of aryl methyl sites for hydroxylation is 1. The summed E-state index contributed by atoms with van der Waals surface area (Å²) < 4.78 is 5.28. The van der Waals surface area contributed by atoms with Crippen LogP contribution in [0.5, 0.6) is 5.75 Å². The number of hydrogen-bond acceptors (Lipinski definition) is 3. The van der Waals surface area contributed by atoms with Crippen LogP contribution in [-0.2, 0) is 0 Å². The van der Waals surface area contributed by atoms with Crippen LogP contribution in [-0.4, -0.2) is 14.2 Å². The fourth-order valence-corrected chi connectivity index (χ4v) is 1.70. The van der Waals surface area contributed by atoms with E-state index in [9.17, 15) is 0 Å². The standard InChI is InChI=1S/C10H15ClN2O/c1-6-4-7(11)5-8(9(6)14-3)10(12)13-2/h4-5,10,13H,12H2,1-3H3. The lowest BCUT2D eigenvalue weighted by Gasteiger charge is -2.17. The third-order valence-corrected chi connectivity index (χ3v) is 2.34. The summed E-state index contributed by atoms with van der Waals surface area (Å²) in [5.41, 5.74) is 7.72. The number of benzene rings is 1. The molecule has 1 atom stereocenters. The predicted molar refractivity (Wildman–Crippen MR) is 58.7 cm³/mol. The molecule has 1 aromatic carbocycles. The summed E-state index contributed by atoms with van der Waals surface area (Å²) in [6, 6.07) is 3.67. The van der Waals surface area contributed by atoms with Crippen molar-refractivity contribution in [3.05, 3.63) is 28.3 Å². The van der Waals surface area contributed by atoms with Crippen LogP contribution in [0.4, 0.5) is 0 Å². The predicted octanol–water partition coefficient (Wildman–Crippen LogP) is 1.83. The Balaban J connectivity index is 3.24. The molecule has 0 aliphatic rings. The molecule has 0 aliphatic heterocycles. The van der Waals surface area contributed by atoms with Gasteiger partial charge in [-0.05, 0) is 31.7 Å². The van der Waals surface area contributed by atoms with Crippen LogP contribution in [0.1, 0.15) is 17.3 Å². The van der Waals surface area contributed by atoms with E-state index in [0.29, 0.717) is 5.02 Å². The molecule has 0 saturated heterocycles. The van der Waals surface area contributed by atoms with E-state index in [1.54, 1.807) is 14.2 Å². The van der Waals surface area contributed by atoms with Gasteiger partial charge < -0.3 is 15.8 Å². The maximum atomic E-state index is 5.94. The summed E-state index contributed by atoms with van der Waals surface area (Å²) in [4.78, 5) is 0. The van der Waals surface area contributed by atoms with E-state index in [0.717, 1.165) is 16.9 Å². The Morgan fingerprint density at radius 3 is 2.64 bits per heavy atom. The summed E-state index contributed by atoms with van der Waals surface area (Å²) in [7, 11) is 3.42. The first-order chi connectivity index (χ1) is 6.60. The first-order valence-electron chi connectivity index (χ1n) is 4.37. The van der Waals surface area contributed by atoms with Crippen molar-refractivity contribution in [3.63, 3.8) is 0 Å². The van der Waals surface area contributed by atoms with Crippen LogP contribution in [0, 0.1) is 6.92 Å². The monoisotopic (exact) mass is 214 g/mol. The van der Waals surface area contributed by atoms with Gasteiger partial charge in [0.15, 0.2) is 0 Å². The molecule has 0 heterocycles. The van der Waals surface area contributed by atoms with Gasteiger partial charge in [-0.3, -0.25) is 0 Å². The van der Waals surface area contributed by atoms with Crippen molar-refractivity contribution in [1.82, 2.24) is 5.32 Å². The highest BCUT2D eigenvalue weighted by atomic mass is 35.5. The number of methoxy groups -OCH3 is 1. The Morgan fingerprint density at radius 1 is 1.50 bits per heavy atom. The van der Waals surface area contributed by atoms with Gasteiger partial charge in [-0.25, -0.2) is 0 Å². The molecule has 4 heteroatoms. The van der Waals surface area contributed by atoms with Gasteiger partial charge in [0, 0.05) is 10.6 Å². The highest BCUT2D eigenvalue weighted by Gasteiger charge is 2.13. The number of halogens is 1. The minimum Gasteiger partial charge on any atom is -0.496 e. The van der Waals surface area contributed by atoms with Crippen molar-refractivity contribution in [2.75, 3.05) is 14.2 Å². The van der Waals surface area contributed by atoms with Gasteiger partial charge in [0.2, 0.25) is 0 Å².